The predicted octanol–water partition coefficient (Wildman–Crippen LogP) is 3.25. The first-order chi connectivity index (χ1) is 10.7. The van der Waals surface area contributed by atoms with E-state index in [0.29, 0.717) is 10.6 Å². The lowest BCUT2D eigenvalue weighted by Gasteiger charge is -2.24. The summed E-state index contributed by atoms with van der Waals surface area (Å²) in [5.74, 6) is -0.153. The Labute approximate surface area is 134 Å². The molecule has 1 atom stereocenters. The third-order valence-electron chi connectivity index (χ3n) is 3.57. The van der Waals surface area contributed by atoms with Crippen molar-refractivity contribution >= 4 is 23.2 Å². The van der Waals surface area contributed by atoms with Crippen molar-refractivity contribution in [3.8, 4) is 0 Å². The zero-order valence-corrected chi connectivity index (χ0v) is 12.8. The number of halogens is 1. The third-order valence-corrected chi connectivity index (χ3v) is 3.83. The molecule has 114 valence electrons. The van der Waals surface area contributed by atoms with E-state index in [1.807, 2.05) is 24.3 Å². The van der Waals surface area contributed by atoms with Crippen molar-refractivity contribution in [2.24, 2.45) is 0 Å². The monoisotopic (exact) mass is 316 g/mol. The van der Waals surface area contributed by atoms with Crippen LogP contribution in [0.25, 0.3) is 0 Å². The number of rotatable bonds is 3. The normalized spacial score (nSPS) is 18.0. The molecule has 0 spiro atoms. The number of hydrogen-bond acceptors (Lipinski definition) is 3. The van der Waals surface area contributed by atoms with Gasteiger partial charge in [0.15, 0.2) is 0 Å². The summed E-state index contributed by atoms with van der Waals surface area (Å²) in [6.45, 7) is 2.43. The van der Waals surface area contributed by atoms with Gasteiger partial charge in [-0.25, -0.2) is 0 Å². The Bertz CT molecular complexity index is 635. The maximum atomic E-state index is 12.1. The van der Waals surface area contributed by atoms with E-state index < -0.39 is 0 Å². The van der Waals surface area contributed by atoms with Crippen LogP contribution in [0.1, 0.15) is 22.0 Å². The Morgan fingerprint density at radius 2 is 1.86 bits per heavy atom. The largest absolute Gasteiger partial charge is 0.371 e. The van der Waals surface area contributed by atoms with Gasteiger partial charge < -0.3 is 15.4 Å². The number of anilines is 1. The van der Waals surface area contributed by atoms with Gasteiger partial charge in [-0.05, 0) is 42.0 Å². The average molecular weight is 317 g/mol. The molecule has 0 radical (unpaired) electrons. The SMILES string of the molecule is O=C(Nc1ccc(C2CNCCO2)cc1)c1ccc(Cl)cc1. The number of ether oxygens (including phenoxy) is 1. The summed E-state index contributed by atoms with van der Waals surface area (Å²) in [7, 11) is 0. The van der Waals surface area contributed by atoms with Crippen LogP contribution in [0.15, 0.2) is 48.5 Å². The first-order valence-electron chi connectivity index (χ1n) is 7.21. The van der Waals surface area contributed by atoms with Crippen LogP contribution in [-0.4, -0.2) is 25.6 Å². The number of amides is 1. The van der Waals surface area contributed by atoms with Crippen LogP contribution >= 0.6 is 11.6 Å². The minimum Gasteiger partial charge on any atom is -0.371 e. The van der Waals surface area contributed by atoms with Crippen molar-refractivity contribution in [1.82, 2.24) is 5.32 Å². The van der Waals surface area contributed by atoms with E-state index in [-0.39, 0.29) is 12.0 Å². The molecule has 1 amide bonds. The molecule has 1 aliphatic heterocycles. The Morgan fingerprint density at radius 3 is 2.50 bits per heavy atom. The molecule has 22 heavy (non-hydrogen) atoms. The molecule has 1 saturated heterocycles. The maximum absolute atomic E-state index is 12.1. The Hall–Kier alpha value is -1.88. The minimum absolute atomic E-state index is 0.0785. The molecule has 5 heteroatoms. The fraction of sp³-hybridized carbons (Fsp3) is 0.235. The van der Waals surface area contributed by atoms with Crippen LogP contribution in [-0.2, 0) is 4.74 Å². The Morgan fingerprint density at radius 1 is 1.14 bits per heavy atom. The summed E-state index contributed by atoms with van der Waals surface area (Å²) < 4.78 is 5.70. The molecule has 0 aromatic heterocycles. The van der Waals surface area contributed by atoms with Crippen molar-refractivity contribution in [1.29, 1.82) is 0 Å². The molecule has 2 N–H and O–H groups in total. The van der Waals surface area contributed by atoms with E-state index in [4.69, 9.17) is 16.3 Å². The third kappa shape index (κ3) is 3.65. The highest BCUT2D eigenvalue weighted by molar-refractivity contribution is 6.30. The number of carbonyl (C=O) groups excluding carboxylic acids is 1. The van der Waals surface area contributed by atoms with Crippen LogP contribution in [0, 0.1) is 0 Å². The molecule has 1 unspecified atom stereocenters. The number of hydrogen-bond donors (Lipinski definition) is 2. The zero-order chi connectivity index (χ0) is 15.4. The number of carbonyl (C=O) groups is 1. The molecule has 1 heterocycles. The molecule has 2 aromatic carbocycles. The average Bonchev–Trinajstić information content (AvgIpc) is 2.57. The summed E-state index contributed by atoms with van der Waals surface area (Å²) >= 11 is 5.82. The van der Waals surface area contributed by atoms with E-state index >= 15 is 0 Å². The van der Waals surface area contributed by atoms with Gasteiger partial charge >= 0.3 is 0 Å². The summed E-state index contributed by atoms with van der Waals surface area (Å²) in [5, 5.41) is 6.78. The fourth-order valence-corrected chi connectivity index (χ4v) is 2.49. The van der Waals surface area contributed by atoms with Crippen molar-refractivity contribution in [2.75, 3.05) is 25.0 Å². The highest BCUT2D eigenvalue weighted by atomic mass is 35.5. The van der Waals surface area contributed by atoms with Crippen LogP contribution < -0.4 is 10.6 Å². The maximum Gasteiger partial charge on any atom is 0.255 e. The van der Waals surface area contributed by atoms with Gasteiger partial charge in [-0.2, -0.15) is 0 Å². The molecular formula is C17H17ClN2O2. The molecule has 0 bridgehead atoms. The van der Waals surface area contributed by atoms with Gasteiger partial charge in [-0.1, -0.05) is 23.7 Å². The highest BCUT2D eigenvalue weighted by Gasteiger charge is 2.15. The smallest absolute Gasteiger partial charge is 0.255 e. The van der Waals surface area contributed by atoms with Gasteiger partial charge in [0.1, 0.15) is 0 Å². The van der Waals surface area contributed by atoms with Crippen molar-refractivity contribution in [3.05, 3.63) is 64.7 Å². The Balaban J connectivity index is 1.65. The molecule has 2 aromatic rings. The van der Waals surface area contributed by atoms with E-state index in [1.165, 1.54) is 0 Å². The summed E-state index contributed by atoms with van der Waals surface area (Å²) in [4.78, 5) is 12.1. The molecule has 1 fully saturated rings. The topological polar surface area (TPSA) is 50.4 Å². The minimum atomic E-state index is -0.153. The van der Waals surface area contributed by atoms with Gasteiger partial charge in [-0.15, -0.1) is 0 Å². The zero-order valence-electron chi connectivity index (χ0n) is 12.0. The van der Waals surface area contributed by atoms with E-state index in [0.717, 1.165) is 30.9 Å². The second kappa shape index (κ2) is 6.92. The van der Waals surface area contributed by atoms with Crippen molar-refractivity contribution < 1.29 is 9.53 Å². The quantitative estimate of drug-likeness (QED) is 0.914. The van der Waals surface area contributed by atoms with Gasteiger partial charge in [0.25, 0.3) is 5.91 Å². The second-order valence-electron chi connectivity index (χ2n) is 5.15. The van der Waals surface area contributed by atoms with Crippen molar-refractivity contribution in [3.63, 3.8) is 0 Å². The van der Waals surface area contributed by atoms with Gasteiger partial charge in [0, 0.05) is 29.4 Å². The van der Waals surface area contributed by atoms with E-state index in [9.17, 15) is 4.79 Å². The van der Waals surface area contributed by atoms with E-state index in [1.54, 1.807) is 24.3 Å². The molecule has 0 aliphatic carbocycles. The van der Waals surface area contributed by atoms with Crippen LogP contribution in [0.2, 0.25) is 5.02 Å². The number of benzene rings is 2. The Kier molecular flexibility index (Phi) is 4.73. The lowest BCUT2D eigenvalue weighted by Crippen LogP contribution is -2.33. The lowest BCUT2D eigenvalue weighted by molar-refractivity contribution is 0.0277. The standard InChI is InChI=1S/C17H17ClN2O2/c18-14-5-1-13(2-6-14)17(21)20-15-7-3-12(4-8-15)16-11-19-9-10-22-16/h1-8,16,19H,9-11H2,(H,20,21). The van der Waals surface area contributed by atoms with E-state index in [2.05, 4.69) is 10.6 Å². The lowest BCUT2D eigenvalue weighted by atomic mass is 10.1. The number of morpholine rings is 1. The molecule has 0 saturated carbocycles. The molecule has 1 aliphatic rings. The van der Waals surface area contributed by atoms with Crippen molar-refractivity contribution in [2.45, 2.75) is 6.10 Å². The first-order valence-corrected chi connectivity index (χ1v) is 7.59. The molecule has 4 nitrogen and oxygen atoms in total. The summed E-state index contributed by atoms with van der Waals surface area (Å²) in [5.41, 5.74) is 2.44. The summed E-state index contributed by atoms with van der Waals surface area (Å²) in [6, 6.07) is 14.5. The predicted molar refractivity (Wildman–Crippen MR) is 87.4 cm³/mol. The molecule has 3 rings (SSSR count). The second-order valence-corrected chi connectivity index (χ2v) is 5.58. The number of nitrogens with one attached hydrogen (secondary N) is 2. The van der Waals surface area contributed by atoms with Gasteiger partial charge in [-0.3, -0.25) is 4.79 Å². The van der Waals surface area contributed by atoms with Gasteiger partial charge in [0.2, 0.25) is 0 Å². The van der Waals surface area contributed by atoms with Crippen LogP contribution in [0.4, 0.5) is 5.69 Å². The first kappa shape index (κ1) is 15.0. The highest BCUT2D eigenvalue weighted by Crippen LogP contribution is 2.21. The fourth-order valence-electron chi connectivity index (χ4n) is 2.37. The summed E-state index contributed by atoms with van der Waals surface area (Å²) in [6.07, 6.45) is 0.0785. The molecular weight excluding hydrogens is 300 g/mol. The van der Waals surface area contributed by atoms with Crippen LogP contribution in [0.3, 0.4) is 0 Å². The van der Waals surface area contributed by atoms with Gasteiger partial charge in [0.05, 0.1) is 12.7 Å². The van der Waals surface area contributed by atoms with Crippen LogP contribution in [0.5, 0.6) is 0 Å².